The Labute approximate surface area is 120 Å². The van der Waals surface area contributed by atoms with Gasteiger partial charge >= 0.3 is 0 Å². The zero-order chi connectivity index (χ0) is 14.1. The molecule has 0 bridgehead atoms. The van der Waals surface area contributed by atoms with Crippen LogP contribution in [0.5, 0.6) is 0 Å². The summed E-state index contributed by atoms with van der Waals surface area (Å²) in [6.07, 6.45) is 0. The highest BCUT2D eigenvalue weighted by molar-refractivity contribution is 7.99. The van der Waals surface area contributed by atoms with Crippen LogP contribution in [0.25, 0.3) is 0 Å². The number of ether oxygens (including phenoxy) is 1. The van der Waals surface area contributed by atoms with E-state index in [1.165, 1.54) is 0 Å². The lowest BCUT2D eigenvalue weighted by molar-refractivity contribution is 0.118. The molecule has 0 aliphatic rings. The van der Waals surface area contributed by atoms with Gasteiger partial charge in [0.1, 0.15) is 6.07 Å². The van der Waals surface area contributed by atoms with Gasteiger partial charge < -0.3 is 10.1 Å². The molecule has 0 aliphatic heterocycles. The Balaban J connectivity index is 2.54. The Kier molecular flexibility index (Phi) is 7.39. The van der Waals surface area contributed by atoms with Crippen molar-refractivity contribution in [1.82, 2.24) is 0 Å². The minimum absolute atomic E-state index is 0.555. The smallest absolute Gasteiger partial charge is 0.102 e. The number of hydrogen-bond acceptors (Lipinski definition) is 4. The molecule has 0 aromatic heterocycles. The van der Waals surface area contributed by atoms with Gasteiger partial charge in [-0.25, -0.2) is 0 Å². The minimum atomic E-state index is 0.555. The van der Waals surface area contributed by atoms with Crippen molar-refractivity contribution >= 4 is 17.4 Å². The van der Waals surface area contributed by atoms with E-state index in [1.807, 2.05) is 18.2 Å². The quantitative estimate of drug-likeness (QED) is 0.581. The van der Waals surface area contributed by atoms with Crippen LogP contribution in [0, 0.1) is 17.2 Å². The van der Waals surface area contributed by atoms with Gasteiger partial charge in [-0.1, -0.05) is 26.8 Å². The van der Waals surface area contributed by atoms with Gasteiger partial charge in [-0.3, -0.25) is 0 Å². The van der Waals surface area contributed by atoms with E-state index < -0.39 is 0 Å². The molecule has 104 valence electrons. The molecule has 1 N–H and O–H groups in total. The van der Waals surface area contributed by atoms with E-state index in [0.717, 1.165) is 35.1 Å². The van der Waals surface area contributed by atoms with Gasteiger partial charge in [0, 0.05) is 18.0 Å². The molecule has 0 saturated heterocycles. The fourth-order valence-corrected chi connectivity index (χ4v) is 2.43. The van der Waals surface area contributed by atoms with Crippen molar-refractivity contribution < 1.29 is 4.74 Å². The van der Waals surface area contributed by atoms with Crippen LogP contribution in [-0.2, 0) is 4.74 Å². The maximum absolute atomic E-state index is 9.27. The van der Waals surface area contributed by atoms with E-state index in [9.17, 15) is 5.26 Å². The Morgan fingerprint density at radius 3 is 2.84 bits per heavy atom. The summed E-state index contributed by atoms with van der Waals surface area (Å²) in [7, 11) is 0. The molecule has 0 radical (unpaired) electrons. The Morgan fingerprint density at radius 2 is 2.21 bits per heavy atom. The predicted octanol–water partition coefficient (Wildman–Crippen LogP) is 3.75. The molecule has 0 fully saturated rings. The summed E-state index contributed by atoms with van der Waals surface area (Å²) in [5, 5.41) is 12.5. The van der Waals surface area contributed by atoms with Crippen molar-refractivity contribution in [3.8, 4) is 6.07 Å². The maximum Gasteiger partial charge on any atom is 0.102 e. The van der Waals surface area contributed by atoms with E-state index >= 15 is 0 Å². The first kappa shape index (κ1) is 15.9. The Hall–Kier alpha value is -1.18. The van der Waals surface area contributed by atoms with E-state index in [-0.39, 0.29) is 0 Å². The molecule has 4 heteroatoms. The SMILES string of the molecule is CCSc1cccc(NCCOCC(C)C)c1C#N. The summed E-state index contributed by atoms with van der Waals surface area (Å²) in [5.41, 5.74) is 1.63. The first-order chi connectivity index (χ1) is 9.19. The number of rotatable bonds is 8. The summed E-state index contributed by atoms with van der Waals surface area (Å²) < 4.78 is 5.52. The van der Waals surface area contributed by atoms with Crippen LogP contribution in [0.4, 0.5) is 5.69 Å². The third-order valence-electron chi connectivity index (χ3n) is 2.45. The zero-order valence-corrected chi connectivity index (χ0v) is 12.7. The Bertz CT molecular complexity index is 427. The largest absolute Gasteiger partial charge is 0.382 e. The summed E-state index contributed by atoms with van der Waals surface area (Å²) in [6, 6.07) is 8.20. The average molecular weight is 278 g/mol. The van der Waals surface area contributed by atoms with Crippen molar-refractivity contribution in [2.24, 2.45) is 5.92 Å². The first-order valence-corrected chi connectivity index (χ1v) is 7.65. The topological polar surface area (TPSA) is 45.0 Å². The number of nitriles is 1. The number of nitrogens with one attached hydrogen (secondary N) is 1. The monoisotopic (exact) mass is 278 g/mol. The van der Waals surface area contributed by atoms with Crippen molar-refractivity contribution in [2.45, 2.75) is 25.7 Å². The van der Waals surface area contributed by atoms with Crippen molar-refractivity contribution in [3.05, 3.63) is 23.8 Å². The van der Waals surface area contributed by atoms with Gasteiger partial charge in [0.25, 0.3) is 0 Å². The standard InChI is InChI=1S/C15H22N2OS/c1-4-19-15-7-5-6-14(13(15)10-16)17-8-9-18-11-12(2)3/h5-7,12,17H,4,8-9,11H2,1-3H3. The molecule has 0 aliphatic carbocycles. The third kappa shape index (κ3) is 5.54. The highest BCUT2D eigenvalue weighted by atomic mass is 32.2. The number of benzene rings is 1. The molecule has 0 unspecified atom stereocenters. The third-order valence-corrected chi connectivity index (χ3v) is 3.39. The average Bonchev–Trinajstić information content (AvgIpc) is 2.38. The molecular formula is C15H22N2OS. The second-order valence-corrected chi connectivity index (χ2v) is 5.92. The molecule has 0 heterocycles. The fraction of sp³-hybridized carbons (Fsp3) is 0.533. The first-order valence-electron chi connectivity index (χ1n) is 6.66. The summed E-state index contributed by atoms with van der Waals surface area (Å²) >= 11 is 1.69. The van der Waals surface area contributed by atoms with Crippen molar-refractivity contribution in [3.63, 3.8) is 0 Å². The summed E-state index contributed by atoms with van der Waals surface area (Å²) in [6.45, 7) is 8.51. The molecule has 1 aromatic rings. The maximum atomic E-state index is 9.27. The molecular weight excluding hydrogens is 256 g/mol. The second-order valence-electron chi connectivity index (χ2n) is 4.62. The predicted molar refractivity (Wildman–Crippen MR) is 81.7 cm³/mol. The van der Waals surface area contributed by atoms with Crippen LogP contribution in [0.15, 0.2) is 23.1 Å². The van der Waals surface area contributed by atoms with Gasteiger partial charge in [-0.05, 0) is 23.8 Å². The van der Waals surface area contributed by atoms with E-state index in [2.05, 4.69) is 32.2 Å². The lowest BCUT2D eigenvalue weighted by atomic mass is 10.2. The molecule has 0 amide bonds. The van der Waals surface area contributed by atoms with Crippen LogP contribution >= 0.6 is 11.8 Å². The van der Waals surface area contributed by atoms with Gasteiger partial charge in [0.2, 0.25) is 0 Å². The number of anilines is 1. The normalized spacial score (nSPS) is 10.5. The van der Waals surface area contributed by atoms with Crippen LogP contribution in [0.3, 0.4) is 0 Å². The highest BCUT2D eigenvalue weighted by Crippen LogP contribution is 2.27. The van der Waals surface area contributed by atoms with Gasteiger partial charge in [0.15, 0.2) is 0 Å². The van der Waals surface area contributed by atoms with Crippen LogP contribution in [-0.4, -0.2) is 25.5 Å². The van der Waals surface area contributed by atoms with E-state index in [1.54, 1.807) is 11.8 Å². The van der Waals surface area contributed by atoms with Crippen LogP contribution < -0.4 is 5.32 Å². The van der Waals surface area contributed by atoms with Crippen LogP contribution in [0.2, 0.25) is 0 Å². The fourth-order valence-electron chi connectivity index (χ4n) is 1.65. The molecule has 1 aromatic carbocycles. The lowest BCUT2D eigenvalue weighted by Gasteiger charge is -2.12. The molecule has 3 nitrogen and oxygen atoms in total. The van der Waals surface area contributed by atoms with Gasteiger partial charge in [-0.15, -0.1) is 11.8 Å². The van der Waals surface area contributed by atoms with Crippen molar-refractivity contribution in [1.29, 1.82) is 5.26 Å². The molecule has 0 saturated carbocycles. The van der Waals surface area contributed by atoms with Crippen LogP contribution in [0.1, 0.15) is 26.3 Å². The van der Waals surface area contributed by atoms with E-state index in [0.29, 0.717) is 12.5 Å². The van der Waals surface area contributed by atoms with Gasteiger partial charge in [-0.2, -0.15) is 5.26 Å². The second kappa shape index (κ2) is 8.84. The lowest BCUT2D eigenvalue weighted by Crippen LogP contribution is -2.12. The van der Waals surface area contributed by atoms with Gasteiger partial charge in [0.05, 0.1) is 17.9 Å². The van der Waals surface area contributed by atoms with E-state index in [4.69, 9.17) is 4.74 Å². The molecule has 0 spiro atoms. The molecule has 19 heavy (non-hydrogen) atoms. The number of thioether (sulfide) groups is 1. The summed E-state index contributed by atoms with van der Waals surface area (Å²) in [4.78, 5) is 1.04. The minimum Gasteiger partial charge on any atom is -0.382 e. The zero-order valence-electron chi connectivity index (χ0n) is 11.9. The highest BCUT2D eigenvalue weighted by Gasteiger charge is 2.07. The number of hydrogen-bond donors (Lipinski definition) is 1. The number of nitrogens with zero attached hydrogens (tertiary/aromatic N) is 1. The van der Waals surface area contributed by atoms with Crippen molar-refractivity contribution in [2.75, 3.05) is 30.8 Å². The Morgan fingerprint density at radius 1 is 1.42 bits per heavy atom. The summed E-state index contributed by atoms with van der Waals surface area (Å²) in [5.74, 6) is 1.52. The molecule has 1 rings (SSSR count). The molecule has 0 atom stereocenters.